The van der Waals surface area contributed by atoms with Gasteiger partial charge in [0.1, 0.15) is 0 Å². The van der Waals surface area contributed by atoms with Crippen LogP contribution in [0.15, 0.2) is 0 Å². The zero-order valence-electron chi connectivity index (χ0n) is 13.3. The number of urea groups is 1. The van der Waals surface area contributed by atoms with E-state index < -0.39 is 11.4 Å². The van der Waals surface area contributed by atoms with Crippen LogP contribution >= 0.6 is 0 Å². The van der Waals surface area contributed by atoms with Gasteiger partial charge in [-0.15, -0.1) is 0 Å². The minimum Gasteiger partial charge on any atom is -0.481 e. The summed E-state index contributed by atoms with van der Waals surface area (Å²) in [6, 6.07) is 0.0630. The van der Waals surface area contributed by atoms with Gasteiger partial charge in [-0.3, -0.25) is 4.79 Å². The maximum Gasteiger partial charge on any atom is 0.319 e. The summed E-state index contributed by atoms with van der Waals surface area (Å²) in [5.74, 6) is -0.105. The van der Waals surface area contributed by atoms with Gasteiger partial charge in [0, 0.05) is 26.7 Å². The highest BCUT2D eigenvalue weighted by molar-refractivity contribution is 5.77. The Morgan fingerprint density at radius 3 is 2.29 bits per heavy atom. The highest BCUT2D eigenvalue weighted by Gasteiger charge is 2.38. The molecule has 1 saturated carbocycles. The molecular weight excluding hydrogens is 268 g/mol. The average molecular weight is 296 g/mol. The first-order valence-electron chi connectivity index (χ1n) is 8.16. The van der Waals surface area contributed by atoms with Crippen molar-refractivity contribution in [2.75, 3.05) is 26.7 Å². The van der Waals surface area contributed by atoms with Crippen molar-refractivity contribution in [3.05, 3.63) is 0 Å². The van der Waals surface area contributed by atoms with Crippen LogP contribution in [0.2, 0.25) is 0 Å². The molecular formula is C16H28N2O3. The lowest BCUT2D eigenvalue weighted by Crippen LogP contribution is -2.49. The molecule has 2 rings (SSSR count). The average Bonchev–Trinajstić information content (AvgIpc) is 2.48. The molecule has 1 aliphatic carbocycles. The van der Waals surface area contributed by atoms with E-state index in [9.17, 15) is 14.7 Å². The Bertz CT molecular complexity index is 383. The molecule has 1 saturated heterocycles. The first-order valence-corrected chi connectivity index (χ1v) is 8.16. The molecule has 2 fully saturated rings. The maximum absolute atomic E-state index is 12.5. The number of rotatable bonds is 3. The van der Waals surface area contributed by atoms with Crippen LogP contribution in [0.5, 0.6) is 0 Å². The van der Waals surface area contributed by atoms with Gasteiger partial charge in [0.15, 0.2) is 0 Å². The van der Waals surface area contributed by atoms with Crippen LogP contribution in [0.4, 0.5) is 4.79 Å². The normalized spacial score (nSPS) is 22.9. The van der Waals surface area contributed by atoms with Crippen LogP contribution in [-0.4, -0.2) is 53.6 Å². The number of amides is 2. The fourth-order valence-corrected chi connectivity index (χ4v) is 3.48. The molecule has 1 N–H and O–H groups in total. The Labute approximate surface area is 127 Å². The van der Waals surface area contributed by atoms with Gasteiger partial charge in [0.2, 0.25) is 0 Å². The van der Waals surface area contributed by atoms with Crippen molar-refractivity contribution in [2.45, 2.75) is 51.9 Å². The van der Waals surface area contributed by atoms with Crippen molar-refractivity contribution in [1.29, 1.82) is 0 Å². The molecule has 0 unspecified atom stereocenters. The molecule has 21 heavy (non-hydrogen) atoms. The van der Waals surface area contributed by atoms with E-state index in [0.29, 0.717) is 31.8 Å². The Morgan fingerprint density at radius 1 is 1.19 bits per heavy atom. The third-order valence-corrected chi connectivity index (χ3v) is 5.24. The summed E-state index contributed by atoms with van der Waals surface area (Å²) in [4.78, 5) is 27.3. The van der Waals surface area contributed by atoms with Gasteiger partial charge in [-0.1, -0.05) is 19.3 Å². The van der Waals surface area contributed by atoms with Crippen molar-refractivity contribution >= 4 is 12.0 Å². The van der Waals surface area contributed by atoms with Crippen molar-refractivity contribution < 1.29 is 14.7 Å². The van der Waals surface area contributed by atoms with Crippen LogP contribution in [0, 0.1) is 11.3 Å². The molecule has 120 valence electrons. The first-order chi connectivity index (χ1) is 9.92. The standard InChI is InChI=1S/C16H28N2O3/c1-16(14(19)20)8-10-18(11-9-16)15(21)17(2)12-13-6-4-3-5-7-13/h13H,3-12H2,1-2H3,(H,19,20). The van der Waals surface area contributed by atoms with E-state index in [0.717, 1.165) is 6.54 Å². The molecule has 5 heteroatoms. The van der Waals surface area contributed by atoms with Gasteiger partial charge >= 0.3 is 12.0 Å². The maximum atomic E-state index is 12.5. The van der Waals surface area contributed by atoms with E-state index in [1.54, 1.807) is 6.92 Å². The molecule has 0 bridgehead atoms. The smallest absolute Gasteiger partial charge is 0.319 e. The molecule has 0 aromatic rings. The van der Waals surface area contributed by atoms with Crippen molar-refractivity contribution in [1.82, 2.24) is 9.80 Å². The molecule has 1 heterocycles. The molecule has 1 aliphatic heterocycles. The predicted molar refractivity (Wildman–Crippen MR) is 81.2 cm³/mol. The zero-order chi connectivity index (χ0) is 15.5. The fraction of sp³-hybridized carbons (Fsp3) is 0.875. The van der Waals surface area contributed by atoms with Gasteiger partial charge in [-0.2, -0.15) is 0 Å². The van der Waals surface area contributed by atoms with Gasteiger partial charge < -0.3 is 14.9 Å². The number of piperidine rings is 1. The van der Waals surface area contributed by atoms with Gasteiger partial charge in [-0.25, -0.2) is 4.79 Å². The van der Waals surface area contributed by atoms with Crippen LogP contribution < -0.4 is 0 Å². The van der Waals surface area contributed by atoms with Crippen LogP contribution in [0.1, 0.15) is 51.9 Å². The van der Waals surface area contributed by atoms with E-state index in [4.69, 9.17) is 0 Å². The Morgan fingerprint density at radius 2 is 1.76 bits per heavy atom. The largest absolute Gasteiger partial charge is 0.481 e. The molecule has 2 aliphatic rings. The Kier molecular flexibility index (Phi) is 5.12. The molecule has 0 spiro atoms. The molecule has 0 aromatic heterocycles. The van der Waals surface area contributed by atoms with Crippen molar-refractivity contribution in [2.24, 2.45) is 11.3 Å². The number of carboxylic acids is 1. The summed E-state index contributed by atoms with van der Waals surface area (Å²) in [5.41, 5.74) is -0.668. The van der Waals surface area contributed by atoms with E-state index >= 15 is 0 Å². The summed E-state index contributed by atoms with van der Waals surface area (Å²) in [5, 5.41) is 9.23. The molecule has 5 nitrogen and oxygen atoms in total. The van der Waals surface area contributed by atoms with Crippen LogP contribution in [-0.2, 0) is 4.79 Å². The summed E-state index contributed by atoms with van der Waals surface area (Å²) in [7, 11) is 1.88. The van der Waals surface area contributed by atoms with Gasteiger partial charge in [0.25, 0.3) is 0 Å². The number of aliphatic carboxylic acids is 1. The number of carbonyl (C=O) groups is 2. The second-order valence-electron chi connectivity index (χ2n) is 7.02. The SMILES string of the molecule is CN(CC1CCCCC1)C(=O)N1CCC(C)(C(=O)O)CC1. The Hall–Kier alpha value is -1.26. The number of carboxylic acid groups (broad SMARTS) is 1. The highest BCUT2D eigenvalue weighted by Crippen LogP contribution is 2.31. The molecule has 2 amide bonds. The summed E-state index contributed by atoms with van der Waals surface area (Å²) < 4.78 is 0. The fourth-order valence-electron chi connectivity index (χ4n) is 3.48. The van der Waals surface area contributed by atoms with E-state index in [1.165, 1.54) is 32.1 Å². The lowest BCUT2D eigenvalue weighted by molar-refractivity contribution is -0.150. The number of nitrogens with zero attached hydrogens (tertiary/aromatic N) is 2. The number of hydrogen-bond donors (Lipinski definition) is 1. The summed E-state index contributed by atoms with van der Waals surface area (Å²) in [6.07, 6.45) is 7.45. The minimum absolute atomic E-state index is 0.0630. The lowest BCUT2D eigenvalue weighted by Gasteiger charge is -2.38. The third-order valence-electron chi connectivity index (χ3n) is 5.24. The predicted octanol–water partition coefficient (Wildman–Crippen LogP) is 2.81. The number of likely N-dealkylation sites (tertiary alicyclic amines) is 1. The van der Waals surface area contributed by atoms with Gasteiger partial charge in [0.05, 0.1) is 5.41 Å². The number of hydrogen-bond acceptors (Lipinski definition) is 2. The zero-order valence-corrected chi connectivity index (χ0v) is 13.3. The van der Waals surface area contributed by atoms with E-state index in [1.807, 2.05) is 16.8 Å². The minimum atomic E-state index is -0.745. The lowest BCUT2D eigenvalue weighted by atomic mass is 9.80. The molecule has 0 aromatic carbocycles. The van der Waals surface area contributed by atoms with Crippen molar-refractivity contribution in [3.8, 4) is 0 Å². The first kappa shape index (κ1) is 16.1. The molecule has 0 radical (unpaired) electrons. The third kappa shape index (κ3) is 3.89. The quantitative estimate of drug-likeness (QED) is 0.871. The van der Waals surface area contributed by atoms with E-state index in [2.05, 4.69) is 0 Å². The van der Waals surface area contributed by atoms with Crippen molar-refractivity contribution in [3.63, 3.8) is 0 Å². The second-order valence-corrected chi connectivity index (χ2v) is 7.02. The van der Waals surface area contributed by atoms with E-state index in [-0.39, 0.29) is 6.03 Å². The molecule has 0 atom stereocenters. The summed E-state index contributed by atoms with van der Waals surface area (Å²) >= 11 is 0. The van der Waals surface area contributed by atoms with Crippen LogP contribution in [0.3, 0.4) is 0 Å². The highest BCUT2D eigenvalue weighted by atomic mass is 16.4. The topological polar surface area (TPSA) is 60.9 Å². The van der Waals surface area contributed by atoms with Crippen LogP contribution in [0.25, 0.3) is 0 Å². The number of carbonyl (C=O) groups excluding carboxylic acids is 1. The van der Waals surface area contributed by atoms with Gasteiger partial charge in [-0.05, 0) is 38.5 Å². The second kappa shape index (κ2) is 6.67. The Balaban J connectivity index is 1.82. The monoisotopic (exact) mass is 296 g/mol. The summed E-state index contributed by atoms with van der Waals surface area (Å²) in [6.45, 7) is 3.72.